The van der Waals surface area contributed by atoms with Crippen molar-refractivity contribution in [3.8, 4) is 6.07 Å². The van der Waals surface area contributed by atoms with Crippen LogP contribution in [-0.4, -0.2) is 20.8 Å². The number of nitriles is 1. The Morgan fingerprint density at radius 3 is 2.78 bits per heavy atom. The van der Waals surface area contributed by atoms with E-state index in [0.29, 0.717) is 17.5 Å². The lowest BCUT2D eigenvalue weighted by molar-refractivity contribution is -0.0249. The number of aromatic nitrogens is 2. The Labute approximate surface area is 161 Å². The van der Waals surface area contributed by atoms with Gasteiger partial charge in [-0.3, -0.25) is 4.57 Å². The molecule has 0 aliphatic heterocycles. The van der Waals surface area contributed by atoms with Crippen molar-refractivity contribution in [1.82, 2.24) is 9.55 Å². The second-order valence-electron chi connectivity index (χ2n) is 9.70. The van der Waals surface area contributed by atoms with Gasteiger partial charge in [-0.1, -0.05) is 31.6 Å². The molecule has 6 atom stereocenters. The smallest absolute Gasteiger partial charge is 0.144 e. The summed E-state index contributed by atoms with van der Waals surface area (Å²) in [7, 11) is 0. The quantitative estimate of drug-likeness (QED) is 0.746. The van der Waals surface area contributed by atoms with Crippen LogP contribution in [0.4, 0.5) is 0 Å². The molecule has 2 saturated carbocycles. The zero-order valence-electron chi connectivity index (χ0n) is 16.4. The minimum Gasteiger partial charge on any atom is -0.393 e. The van der Waals surface area contributed by atoms with Crippen molar-refractivity contribution in [1.29, 1.82) is 5.26 Å². The Kier molecular flexibility index (Phi) is 3.72. The van der Waals surface area contributed by atoms with E-state index in [1.807, 2.05) is 10.9 Å². The number of hydrogen-bond donors (Lipinski definition) is 1. The Morgan fingerprint density at radius 1 is 1.15 bits per heavy atom. The second kappa shape index (κ2) is 5.82. The molecule has 5 rings (SSSR count). The lowest BCUT2D eigenvalue weighted by Crippen LogP contribution is -2.50. The van der Waals surface area contributed by atoms with Gasteiger partial charge in [-0.25, -0.2) is 4.98 Å². The summed E-state index contributed by atoms with van der Waals surface area (Å²) < 4.78 is 2.03. The molecule has 4 heteroatoms. The van der Waals surface area contributed by atoms with Gasteiger partial charge in [0.25, 0.3) is 0 Å². The van der Waals surface area contributed by atoms with Gasteiger partial charge in [0.2, 0.25) is 0 Å². The highest BCUT2D eigenvalue weighted by Crippen LogP contribution is 2.65. The number of rotatable bonds is 1. The summed E-state index contributed by atoms with van der Waals surface area (Å²) in [5, 5.41) is 19.6. The zero-order valence-corrected chi connectivity index (χ0v) is 16.4. The largest absolute Gasteiger partial charge is 0.393 e. The normalized spacial score (nSPS) is 43.0. The molecule has 1 aromatic rings. The van der Waals surface area contributed by atoms with Crippen LogP contribution in [0.2, 0.25) is 0 Å². The van der Waals surface area contributed by atoms with E-state index in [9.17, 15) is 10.4 Å². The van der Waals surface area contributed by atoms with Gasteiger partial charge in [-0.2, -0.15) is 5.26 Å². The monoisotopic (exact) mass is 363 g/mol. The van der Waals surface area contributed by atoms with Crippen LogP contribution in [-0.2, 0) is 0 Å². The molecule has 27 heavy (non-hydrogen) atoms. The van der Waals surface area contributed by atoms with Crippen molar-refractivity contribution in [3.05, 3.63) is 35.9 Å². The molecule has 1 N–H and O–H groups in total. The molecule has 0 bridgehead atoms. The number of nitrogens with zero attached hydrogens (tertiary/aromatic N) is 3. The maximum Gasteiger partial charge on any atom is 0.144 e. The van der Waals surface area contributed by atoms with Gasteiger partial charge in [0.1, 0.15) is 11.8 Å². The number of hydrogen-bond acceptors (Lipinski definition) is 3. The van der Waals surface area contributed by atoms with Crippen LogP contribution in [0.15, 0.2) is 30.2 Å². The van der Waals surface area contributed by atoms with Crippen molar-refractivity contribution in [2.75, 3.05) is 0 Å². The molecule has 2 fully saturated rings. The summed E-state index contributed by atoms with van der Waals surface area (Å²) in [6.45, 7) is 4.89. The molecule has 0 aromatic carbocycles. The highest BCUT2D eigenvalue weighted by atomic mass is 16.3. The van der Waals surface area contributed by atoms with Gasteiger partial charge >= 0.3 is 0 Å². The van der Waals surface area contributed by atoms with E-state index in [1.54, 1.807) is 6.20 Å². The first-order chi connectivity index (χ1) is 13.0. The average molecular weight is 364 g/mol. The average Bonchev–Trinajstić information content (AvgIpc) is 3.25. The molecule has 142 valence electrons. The van der Waals surface area contributed by atoms with Crippen molar-refractivity contribution in [2.24, 2.45) is 28.6 Å². The number of aliphatic hydroxyl groups is 1. The molecule has 3 unspecified atom stereocenters. The Morgan fingerprint density at radius 2 is 1.96 bits per heavy atom. The van der Waals surface area contributed by atoms with Gasteiger partial charge in [0.05, 0.1) is 18.6 Å². The first-order valence-corrected chi connectivity index (χ1v) is 10.5. The fourth-order valence-electron chi connectivity index (χ4n) is 7.13. The predicted molar refractivity (Wildman–Crippen MR) is 104 cm³/mol. The summed E-state index contributed by atoms with van der Waals surface area (Å²) in [6.07, 6.45) is 15.8. The molecular formula is C23H29N3O. The fraction of sp³-hybridized carbons (Fsp3) is 0.652. The highest BCUT2D eigenvalue weighted by molar-refractivity contribution is 5.59. The standard InChI is InChI=1S/C23H29N3O/c1-22-9-7-17(27)11-15(22)3-4-18-19-5-6-21(23(19,2)10-8-20(18)22)26-14-25-13-16(26)12-24/h3,6,13-14,17-20,27H,4-5,7-11H2,1-2H3/t17-,18?,19?,20?,22-,23-/m0/s1. The first-order valence-electron chi connectivity index (χ1n) is 10.5. The van der Waals surface area contributed by atoms with Gasteiger partial charge in [0.15, 0.2) is 0 Å². The first kappa shape index (κ1) is 17.3. The third kappa shape index (κ3) is 2.27. The van der Waals surface area contributed by atoms with Crippen LogP contribution >= 0.6 is 0 Å². The van der Waals surface area contributed by atoms with Crippen molar-refractivity contribution >= 4 is 5.70 Å². The molecule has 4 nitrogen and oxygen atoms in total. The Bertz CT molecular complexity index is 874. The fourth-order valence-corrected chi connectivity index (χ4v) is 7.13. The molecule has 1 heterocycles. The van der Waals surface area contributed by atoms with Crippen molar-refractivity contribution < 1.29 is 5.11 Å². The van der Waals surface area contributed by atoms with E-state index in [2.05, 4.69) is 37.1 Å². The van der Waals surface area contributed by atoms with Gasteiger partial charge in [-0.15, -0.1) is 0 Å². The van der Waals surface area contributed by atoms with Crippen LogP contribution in [0.5, 0.6) is 0 Å². The van der Waals surface area contributed by atoms with Crippen molar-refractivity contribution in [2.45, 2.75) is 64.9 Å². The van der Waals surface area contributed by atoms with Crippen LogP contribution in [0.3, 0.4) is 0 Å². The summed E-state index contributed by atoms with van der Waals surface area (Å²) >= 11 is 0. The summed E-state index contributed by atoms with van der Waals surface area (Å²) in [5.74, 6) is 2.08. The molecule has 0 radical (unpaired) electrons. The van der Waals surface area contributed by atoms with Crippen LogP contribution in [0.25, 0.3) is 5.70 Å². The summed E-state index contributed by atoms with van der Waals surface area (Å²) in [6, 6.07) is 2.30. The SMILES string of the molecule is C[C@]12CC[C@H](O)CC1=CCC1C2CC[C@]2(C)C(n3cncc3C#N)=CCC12. The van der Waals surface area contributed by atoms with Crippen molar-refractivity contribution in [3.63, 3.8) is 0 Å². The van der Waals surface area contributed by atoms with E-state index in [-0.39, 0.29) is 16.9 Å². The third-order valence-electron chi connectivity index (χ3n) is 8.63. The molecule has 1 aromatic heterocycles. The molecule has 0 saturated heterocycles. The maximum absolute atomic E-state index is 10.2. The second-order valence-corrected chi connectivity index (χ2v) is 9.70. The van der Waals surface area contributed by atoms with E-state index in [1.165, 1.54) is 24.1 Å². The molecule has 0 spiro atoms. The molecule has 4 aliphatic carbocycles. The minimum absolute atomic E-state index is 0.128. The van der Waals surface area contributed by atoms with Crippen LogP contribution in [0, 0.1) is 39.9 Å². The van der Waals surface area contributed by atoms with Gasteiger partial charge < -0.3 is 5.11 Å². The predicted octanol–water partition coefficient (Wildman–Crippen LogP) is 4.53. The minimum atomic E-state index is -0.139. The van der Waals surface area contributed by atoms with E-state index in [4.69, 9.17) is 0 Å². The number of allylic oxidation sites excluding steroid dienone is 3. The Balaban J connectivity index is 1.49. The lowest BCUT2D eigenvalue weighted by Gasteiger charge is -2.57. The van der Waals surface area contributed by atoms with E-state index < -0.39 is 0 Å². The number of aliphatic hydroxyl groups excluding tert-OH is 1. The third-order valence-corrected chi connectivity index (χ3v) is 8.63. The lowest BCUT2D eigenvalue weighted by atomic mass is 9.48. The molecule has 0 amide bonds. The molecule has 4 aliphatic rings. The van der Waals surface area contributed by atoms with Crippen LogP contribution in [0.1, 0.15) is 64.5 Å². The topological polar surface area (TPSA) is 61.8 Å². The van der Waals surface area contributed by atoms with Crippen LogP contribution < -0.4 is 0 Å². The maximum atomic E-state index is 10.2. The van der Waals surface area contributed by atoms with Gasteiger partial charge in [0, 0.05) is 11.1 Å². The summed E-state index contributed by atoms with van der Waals surface area (Å²) in [4.78, 5) is 4.23. The highest BCUT2D eigenvalue weighted by Gasteiger charge is 2.57. The number of fused-ring (bicyclic) bond motifs is 5. The van der Waals surface area contributed by atoms with Gasteiger partial charge in [-0.05, 0) is 68.1 Å². The summed E-state index contributed by atoms with van der Waals surface area (Å²) in [5.41, 5.74) is 3.87. The molecular weight excluding hydrogens is 334 g/mol. The number of imidazole rings is 1. The Hall–Kier alpha value is -1.86. The van der Waals surface area contributed by atoms with E-state index >= 15 is 0 Å². The zero-order chi connectivity index (χ0) is 18.8. The van der Waals surface area contributed by atoms with E-state index in [0.717, 1.165) is 38.0 Å².